The van der Waals surface area contributed by atoms with Gasteiger partial charge in [0.15, 0.2) is 0 Å². The van der Waals surface area contributed by atoms with Gasteiger partial charge in [0.1, 0.15) is 0 Å². The van der Waals surface area contributed by atoms with Gasteiger partial charge in [-0.3, -0.25) is 0 Å². The molecule has 1 unspecified atom stereocenters. The third kappa shape index (κ3) is 2.75. The van der Waals surface area contributed by atoms with Gasteiger partial charge < -0.3 is 10.5 Å². The number of hydrogen-bond donors (Lipinski definition) is 1. The summed E-state index contributed by atoms with van der Waals surface area (Å²) in [5.74, 6) is 0. The van der Waals surface area contributed by atoms with E-state index in [9.17, 15) is 8.42 Å². The Balaban J connectivity index is 2.35. The van der Waals surface area contributed by atoms with E-state index in [4.69, 9.17) is 10.5 Å². The van der Waals surface area contributed by atoms with Crippen LogP contribution in [0.5, 0.6) is 0 Å². The summed E-state index contributed by atoms with van der Waals surface area (Å²) < 4.78 is 32.4. The first-order chi connectivity index (χ1) is 8.55. The van der Waals surface area contributed by atoms with Crippen LogP contribution in [0.2, 0.25) is 0 Å². The van der Waals surface area contributed by atoms with Crippen LogP contribution in [-0.4, -0.2) is 45.1 Å². The standard InChI is InChI=1S/C11H15BrN2O3S/c12-9-2-1-3-11(6-9)18(15,16)14-4-5-17-8-10(14)7-13/h1-3,6,10H,4-5,7-8,13H2. The summed E-state index contributed by atoms with van der Waals surface area (Å²) in [5, 5.41) is 0. The molecule has 1 aromatic rings. The molecule has 7 heteroatoms. The van der Waals surface area contributed by atoms with Gasteiger partial charge in [-0.05, 0) is 18.2 Å². The molecule has 1 aliphatic rings. The summed E-state index contributed by atoms with van der Waals surface area (Å²) in [6, 6.07) is 6.39. The van der Waals surface area contributed by atoms with Crippen LogP contribution in [0.25, 0.3) is 0 Å². The first kappa shape index (κ1) is 14.0. The lowest BCUT2D eigenvalue weighted by Crippen LogP contribution is -2.51. The number of sulfonamides is 1. The van der Waals surface area contributed by atoms with Crippen LogP contribution in [0.1, 0.15) is 0 Å². The number of hydrogen-bond acceptors (Lipinski definition) is 4. The highest BCUT2D eigenvalue weighted by molar-refractivity contribution is 9.10. The number of benzene rings is 1. The van der Waals surface area contributed by atoms with E-state index in [2.05, 4.69) is 15.9 Å². The Hall–Kier alpha value is -0.470. The summed E-state index contributed by atoms with van der Waals surface area (Å²) in [6.45, 7) is 1.36. The molecule has 0 amide bonds. The van der Waals surface area contributed by atoms with E-state index < -0.39 is 10.0 Å². The average molecular weight is 335 g/mol. The van der Waals surface area contributed by atoms with Crippen molar-refractivity contribution in [3.05, 3.63) is 28.7 Å². The number of ether oxygens (including phenoxy) is 1. The van der Waals surface area contributed by atoms with Crippen molar-refractivity contribution in [3.8, 4) is 0 Å². The van der Waals surface area contributed by atoms with Crippen molar-refractivity contribution in [2.75, 3.05) is 26.3 Å². The topological polar surface area (TPSA) is 72.6 Å². The monoisotopic (exact) mass is 334 g/mol. The van der Waals surface area contributed by atoms with Crippen molar-refractivity contribution in [1.82, 2.24) is 4.31 Å². The molecule has 0 aromatic heterocycles. The number of morpholine rings is 1. The Morgan fingerprint density at radius 3 is 2.94 bits per heavy atom. The molecule has 5 nitrogen and oxygen atoms in total. The lowest BCUT2D eigenvalue weighted by Gasteiger charge is -2.33. The van der Waals surface area contributed by atoms with Gasteiger partial charge in [0.25, 0.3) is 0 Å². The Morgan fingerprint density at radius 1 is 1.50 bits per heavy atom. The summed E-state index contributed by atoms with van der Waals surface area (Å²) >= 11 is 3.28. The molecule has 0 radical (unpaired) electrons. The zero-order chi connectivity index (χ0) is 13.2. The fourth-order valence-corrected chi connectivity index (χ4v) is 4.11. The second-order valence-corrected chi connectivity index (χ2v) is 6.84. The van der Waals surface area contributed by atoms with Crippen molar-refractivity contribution in [2.45, 2.75) is 10.9 Å². The zero-order valence-corrected chi connectivity index (χ0v) is 12.2. The van der Waals surface area contributed by atoms with E-state index >= 15 is 0 Å². The fourth-order valence-electron chi connectivity index (χ4n) is 1.90. The Kier molecular flexibility index (Phi) is 4.39. The lowest BCUT2D eigenvalue weighted by molar-refractivity contribution is 0.0358. The summed E-state index contributed by atoms with van der Waals surface area (Å²) in [6.07, 6.45) is 0. The van der Waals surface area contributed by atoms with Gasteiger partial charge in [0.05, 0.1) is 24.2 Å². The highest BCUT2D eigenvalue weighted by Crippen LogP contribution is 2.22. The molecular formula is C11H15BrN2O3S. The average Bonchev–Trinajstić information content (AvgIpc) is 2.38. The van der Waals surface area contributed by atoms with Crippen molar-refractivity contribution in [1.29, 1.82) is 0 Å². The Labute approximate surface area is 115 Å². The highest BCUT2D eigenvalue weighted by Gasteiger charge is 2.33. The molecule has 0 spiro atoms. The van der Waals surface area contributed by atoms with E-state index in [0.717, 1.165) is 4.47 Å². The maximum Gasteiger partial charge on any atom is 0.243 e. The number of halogens is 1. The van der Waals surface area contributed by atoms with Gasteiger partial charge in [-0.25, -0.2) is 8.42 Å². The molecule has 1 aromatic carbocycles. The normalized spacial score (nSPS) is 22.0. The molecule has 1 heterocycles. The molecule has 1 saturated heterocycles. The van der Waals surface area contributed by atoms with Crippen LogP contribution in [0.3, 0.4) is 0 Å². The van der Waals surface area contributed by atoms with Crippen molar-refractivity contribution < 1.29 is 13.2 Å². The van der Waals surface area contributed by atoms with Gasteiger partial charge in [0, 0.05) is 17.6 Å². The van der Waals surface area contributed by atoms with Crippen LogP contribution < -0.4 is 5.73 Å². The molecule has 1 atom stereocenters. The highest BCUT2D eigenvalue weighted by atomic mass is 79.9. The minimum Gasteiger partial charge on any atom is -0.378 e. The van der Waals surface area contributed by atoms with Gasteiger partial charge >= 0.3 is 0 Å². The molecule has 0 aliphatic carbocycles. The largest absolute Gasteiger partial charge is 0.378 e. The molecule has 0 saturated carbocycles. The van der Waals surface area contributed by atoms with Crippen molar-refractivity contribution >= 4 is 26.0 Å². The van der Waals surface area contributed by atoms with Crippen LogP contribution >= 0.6 is 15.9 Å². The molecule has 0 bridgehead atoms. The van der Waals surface area contributed by atoms with Gasteiger partial charge in [-0.2, -0.15) is 4.31 Å². The van der Waals surface area contributed by atoms with E-state index in [1.54, 1.807) is 24.3 Å². The fraction of sp³-hybridized carbons (Fsp3) is 0.455. The Morgan fingerprint density at radius 2 is 2.28 bits per heavy atom. The van der Waals surface area contributed by atoms with Crippen LogP contribution in [0, 0.1) is 0 Å². The third-order valence-corrected chi connectivity index (χ3v) is 5.29. The summed E-state index contributed by atoms with van der Waals surface area (Å²) in [7, 11) is -3.50. The van der Waals surface area contributed by atoms with E-state index in [-0.39, 0.29) is 17.5 Å². The molecular weight excluding hydrogens is 320 g/mol. The number of rotatable bonds is 3. The quantitative estimate of drug-likeness (QED) is 0.887. The van der Waals surface area contributed by atoms with Crippen molar-refractivity contribution in [2.24, 2.45) is 5.73 Å². The van der Waals surface area contributed by atoms with E-state index in [0.29, 0.717) is 19.8 Å². The molecule has 18 heavy (non-hydrogen) atoms. The van der Waals surface area contributed by atoms with Crippen LogP contribution in [0.4, 0.5) is 0 Å². The smallest absolute Gasteiger partial charge is 0.243 e. The molecule has 100 valence electrons. The molecule has 2 rings (SSSR count). The third-order valence-electron chi connectivity index (χ3n) is 2.85. The maximum atomic E-state index is 12.5. The maximum absolute atomic E-state index is 12.5. The number of nitrogens with zero attached hydrogens (tertiary/aromatic N) is 1. The second kappa shape index (κ2) is 5.66. The van der Waals surface area contributed by atoms with Crippen LogP contribution in [-0.2, 0) is 14.8 Å². The van der Waals surface area contributed by atoms with Crippen molar-refractivity contribution in [3.63, 3.8) is 0 Å². The minimum atomic E-state index is -3.50. The lowest BCUT2D eigenvalue weighted by atomic mass is 10.3. The second-order valence-electron chi connectivity index (χ2n) is 4.04. The van der Waals surface area contributed by atoms with E-state index in [1.807, 2.05) is 0 Å². The first-order valence-electron chi connectivity index (χ1n) is 5.61. The molecule has 1 aliphatic heterocycles. The zero-order valence-electron chi connectivity index (χ0n) is 9.75. The summed E-state index contributed by atoms with van der Waals surface area (Å²) in [5.41, 5.74) is 5.60. The first-order valence-corrected chi connectivity index (χ1v) is 7.84. The summed E-state index contributed by atoms with van der Waals surface area (Å²) in [4.78, 5) is 0.275. The predicted molar refractivity (Wildman–Crippen MR) is 71.7 cm³/mol. The minimum absolute atomic E-state index is 0.257. The van der Waals surface area contributed by atoms with E-state index in [1.165, 1.54) is 4.31 Å². The predicted octanol–water partition coefficient (Wildman–Crippen LogP) is 0.797. The van der Waals surface area contributed by atoms with Gasteiger partial charge in [0.2, 0.25) is 10.0 Å². The molecule has 1 fully saturated rings. The SMILES string of the molecule is NCC1COCCN1S(=O)(=O)c1cccc(Br)c1. The Bertz CT molecular complexity index is 521. The van der Waals surface area contributed by atoms with Crippen LogP contribution in [0.15, 0.2) is 33.6 Å². The molecule has 2 N–H and O–H groups in total. The van der Waals surface area contributed by atoms with Gasteiger partial charge in [-0.1, -0.05) is 22.0 Å². The number of nitrogens with two attached hydrogens (primary N) is 1. The van der Waals surface area contributed by atoms with Gasteiger partial charge in [-0.15, -0.1) is 0 Å².